The first-order valence-electron chi connectivity index (χ1n) is 7.10. The van der Waals surface area contributed by atoms with Crippen LogP contribution in [0, 0.1) is 5.41 Å². The summed E-state index contributed by atoms with van der Waals surface area (Å²) in [6.45, 7) is 9.49. The molecule has 1 fully saturated rings. The predicted molar refractivity (Wildman–Crippen MR) is 82.2 cm³/mol. The fourth-order valence-corrected chi connectivity index (χ4v) is 3.06. The van der Waals surface area contributed by atoms with Gasteiger partial charge in [0.15, 0.2) is 0 Å². The number of hydrogen-bond donors (Lipinski definition) is 2. The molecule has 1 saturated heterocycles. The predicted octanol–water partition coefficient (Wildman–Crippen LogP) is 2.41. The third kappa shape index (κ3) is 4.58. The summed E-state index contributed by atoms with van der Waals surface area (Å²) in [4.78, 5) is 25.2. The van der Waals surface area contributed by atoms with Crippen molar-refractivity contribution in [3.05, 3.63) is 0 Å². The first-order chi connectivity index (χ1) is 9.20. The van der Waals surface area contributed by atoms with E-state index in [1.165, 1.54) is 0 Å². The number of nitrogens with one attached hydrogen (secondary N) is 1. The Labute approximate surface area is 125 Å². The van der Waals surface area contributed by atoms with E-state index < -0.39 is 11.4 Å². The van der Waals surface area contributed by atoms with E-state index in [4.69, 9.17) is 0 Å². The van der Waals surface area contributed by atoms with Crippen LogP contribution in [0.1, 0.15) is 40.5 Å². The maximum absolute atomic E-state index is 12.2. The normalized spacial score (nSPS) is 21.7. The molecule has 2 amide bonds. The van der Waals surface area contributed by atoms with Crippen LogP contribution < -0.4 is 5.32 Å². The summed E-state index contributed by atoms with van der Waals surface area (Å²) < 4.78 is 0.202. The number of hydrogen-bond acceptors (Lipinski definition) is 3. The summed E-state index contributed by atoms with van der Waals surface area (Å²) in [6.07, 6.45) is 1.44. The number of rotatable bonds is 4. The molecular weight excluding hydrogens is 276 g/mol. The number of nitrogens with zero attached hydrogens (tertiary/aromatic N) is 1. The number of thioether (sulfide) groups is 1. The Bertz CT molecular complexity index is 373. The SMILES string of the molecule is CCC(C)(CNC(=O)N1CCSC(C)(C)CC1)C(=O)O. The standard InChI is InChI=1S/C14H26N2O3S/c1-5-14(4,11(17)18)10-15-12(19)16-7-6-13(2,3)20-9-8-16/h5-10H2,1-4H3,(H,15,19)(H,17,18). The van der Waals surface area contributed by atoms with Crippen LogP contribution in [-0.4, -0.2) is 52.1 Å². The van der Waals surface area contributed by atoms with Crippen molar-refractivity contribution in [1.29, 1.82) is 0 Å². The molecule has 0 saturated carbocycles. The van der Waals surface area contributed by atoms with E-state index >= 15 is 0 Å². The maximum Gasteiger partial charge on any atom is 0.317 e. The van der Waals surface area contributed by atoms with Crippen LogP contribution >= 0.6 is 11.8 Å². The average Bonchev–Trinajstić information content (AvgIpc) is 2.56. The second-order valence-corrected chi connectivity index (χ2v) is 8.03. The van der Waals surface area contributed by atoms with Gasteiger partial charge in [-0.15, -0.1) is 0 Å². The molecule has 5 nitrogen and oxygen atoms in total. The van der Waals surface area contributed by atoms with Gasteiger partial charge in [-0.3, -0.25) is 4.79 Å². The van der Waals surface area contributed by atoms with E-state index in [1.54, 1.807) is 11.8 Å². The lowest BCUT2D eigenvalue weighted by atomic mass is 9.88. The highest BCUT2D eigenvalue weighted by molar-refractivity contribution is 8.00. The highest BCUT2D eigenvalue weighted by atomic mass is 32.2. The molecule has 1 atom stereocenters. The Morgan fingerprint density at radius 2 is 2.05 bits per heavy atom. The summed E-state index contributed by atoms with van der Waals surface area (Å²) in [5, 5.41) is 12.0. The van der Waals surface area contributed by atoms with Gasteiger partial charge < -0.3 is 15.3 Å². The second kappa shape index (κ2) is 6.70. The average molecular weight is 302 g/mol. The number of carboxylic acid groups (broad SMARTS) is 1. The van der Waals surface area contributed by atoms with Gasteiger partial charge >= 0.3 is 12.0 Å². The summed E-state index contributed by atoms with van der Waals surface area (Å²) in [6, 6.07) is -0.149. The van der Waals surface area contributed by atoms with Crippen molar-refractivity contribution in [2.75, 3.05) is 25.4 Å². The van der Waals surface area contributed by atoms with Crippen molar-refractivity contribution in [1.82, 2.24) is 10.2 Å². The molecule has 0 aromatic rings. The zero-order valence-electron chi connectivity index (χ0n) is 12.9. The van der Waals surface area contributed by atoms with E-state index in [0.29, 0.717) is 6.42 Å². The lowest BCUT2D eigenvalue weighted by Crippen LogP contribution is -2.47. The summed E-state index contributed by atoms with van der Waals surface area (Å²) in [7, 11) is 0. The van der Waals surface area contributed by atoms with Gasteiger partial charge in [0, 0.05) is 30.1 Å². The van der Waals surface area contributed by atoms with Crippen LogP contribution in [-0.2, 0) is 4.79 Å². The van der Waals surface area contributed by atoms with E-state index in [0.717, 1.165) is 25.3 Å². The summed E-state index contributed by atoms with van der Waals surface area (Å²) >= 11 is 1.88. The van der Waals surface area contributed by atoms with Gasteiger partial charge in [-0.2, -0.15) is 11.8 Å². The molecule has 0 bridgehead atoms. The van der Waals surface area contributed by atoms with Gasteiger partial charge in [0.25, 0.3) is 0 Å². The van der Waals surface area contributed by atoms with Crippen molar-refractivity contribution in [2.45, 2.75) is 45.3 Å². The number of aliphatic carboxylic acids is 1. The first-order valence-corrected chi connectivity index (χ1v) is 8.09. The molecule has 116 valence electrons. The number of carboxylic acids is 1. The minimum Gasteiger partial charge on any atom is -0.481 e. The van der Waals surface area contributed by atoms with Crippen LogP contribution in [0.3, 0.4) is 0 Å². The fraction of sp³-hybridized carbons (Fsp3) is 0.857. The molecule has 1 aliphatic heterocycles. The number of amides is 2. The second-order valence-electron chi connectivity index (χ2n) is 6.22. The van der Waals surface area contributed by atoms with Gasteiger partial charge in [0.1, 0.15) is 0 Å². The molecule has 1 rings (SSSR count). The van der Waals surface area contributed by atoms with Crippen molar-refractivity contribution in [3.63, 3.8) is 0 Å². The summed E-state index contributed by atoms with van der Waals surface area (Å²) in [5.74, 6) is 0.0533. The molecule has 20 heavy (non-hydrogen) atoms. The smallest absolute Gasteiger partial charge is 0.317 e. The number of carbonyl (C=O) groups is 2. The Balaban J connectivity index is 2.53. The van der Waals surface area contributed by atoms with Gasteiger partial charge in [0.2, 0.25) is 0 Å². The largest absolute Gasteiger partial charge is 0.481 e. The van der Waals surface area contributed by atoms with Crippen LogP contribution in [0.25, 0.3) is 0 Å². The fourth-order valence-electron chi connectivity index (χ4n) is 1.96. The van der Waals surface area contributed by atoms with Gasteiger partial charge in [-0.25, -0.2) is 4.79 Å². The summed E-state index contributed by atoms with van der Waals surface area (Å²) in [5.41, 5.74) is -0.893. The van der Waals surface area contributed by atoms with Crippen molar-refractivity contribution < 1.29 is 14.7 Å². The molecule has 1 aliphatic rings. The zero-order chi connectivity index (χ0) is 15.4. The minimum absolute atomic E-state index is 0.149. The van der Waals surface area contributed by atoms with Gasteiger partial charge in [-0.05, 0) is 19.8 Å². The molecule has 0 aromatic carbocycles. The van der Waals surface area contributed by atoms with Crippen molar-refractivity contribution >= 4 is 23.8 Å². The molecule has 0 spiro atoms. The molecule has 0 aromatic heterocycles. The van der Waals surface area contributed by atoms with Gasteiger partial charge in [-0.1, -0.05) is 20.8 Å². The van der Waals surface area contributed by atoms with Crippen molar-refractivity contribution in [2.24, 2.45) is 5.41 Å². The van der Waals surface area contributed by atoms with E-state index in [9.17, 15) is 14.7 Å². The van der Waals surface area contributed by atoms with Gasteiger partial charge in [0.05, 0.1) is 5.41 Å². The molecule has 1 heterocycles. The minimum atomic E-state index is -0.893. The Morgan fingerprint density at radius 3 is 2.60 bits per heavy atom. The van der Waals surface area contributed by atoms with Crippen LogP contribution in [0.5, 0.6) is 0 Å². The van der Waals surface area contributed by atoms with Crippen LogP contribution in [0.4, 0.5) is 4.79 Å². The van der Waals surface area contributed by atoms with E-state index in [-0.39, 0.29) is 17.3 Å². The number of carbonyl (C=O) groups excluding carboxylic acids is 1. The van der Waals surface area contributed by atoms with E-state index in [2.05, 4.69) is 19.2 Å². The Hall–Kier alpha value is -0.910. The molecule has 0 radical (unpaired) electrons. The topological polar surface area (TPSA) is 69.6 Å². The first kappa shape index (κ1) is 17.1. The lowest BCUT2D eigenvalue weighted by Gasteiger charge is -2.27. The van der Waals surface area contributed by atoms with Crippen LogP contribution in [0.2, 0.25) is 0 Å². The third-order valence-corrected chi connectivity index (χ3v) is 5.42. The Morgan fingerprint density at radius 1 is 1.40 bits per heavy atom. The lowest BCUT2D eigenvalue weighted by molar-refractivity contribution is -0.147. The van der Waals surface area contributed by atoms with Crippen molar-refractivity contribution in [3.8, 4) is 0 Å². The molecule has 6 heteroatoms. The van der Waals surface area contributed by atoms with Crippen LogP contribution in [0.15, 0.2) is 0 Å². The monoisotopic (exact) mass is 302 g/mol. The molecule has 2 N–H and O–H groups in total. The Kier molecular flexibility index (Phi) is 5.74. The highest BCUT2D eigenvalue weighted by Gasteiger charge is 2.32. The third-order valence-electron chi connectivity index (χ3n) is 4.05. The highest BCUT2D eigenvalue weighted by Crippen LogP contribution is 2.30. The molecular formula is C14H26N2O3S. The maximum atomic E-state index is 12.2. The molecule has 1 unspecified atom stereocenters. The molecule has 0 aliphatic carbocycles. The number of urea groups is 1. The van der Waals surface area contributed by atoms with E-state index in [1.807, 2.05) is 18.7 Å². The quantitative estimate of drug-likeness (QED) is 0.836. The zero-order valence-corrected chi connectivity index (χ0v) is 13.7.